The molecule has 2 unspecified atom stereocenters. The average Bonchev–Trinajstić information content (AvgIpc) is 2.80. The molecule has 0 spiro atoms. The number of aliphatic hydroxyl groups is 1. The Labute approximate surface area is 211 Å². The topological polar surface area (TPSA) is 74.5 Å². The number of phenolic OH excluding ortho intramolecular Hbond substituents is 1. The van der Waals surface area contributed by atoms with E-state index < -0.39 is 29.7 Å². The van der Waals surface area contributed by atoms with Gasteiger partial charge in [0, 0.05) is 28.4 Å². The Kier molecular flexibility index (Phi) is 5.64. The first-order chi connectivity index (χ1) is 17.3. The SMILES string of the molecule is Cc1cccc(-n2c(=O)ccc3c(NC4c5cccc(O)c5C(C)(C)CC4(O)C(F)(F)F)cccc32)c1. The summed E-state index contributed by atoms with van der Waals surface area (Å²) in [4.78, 5) is 12.9. The molecule has 0 fully saturated rings. The molecule has 0 saturated carbocycles. The van der Waals surface area contributed by atoms with Gasteiger partial charge in [-0.3, -0.25) is 9.36 Å². The Hall–Kier alpha value is -3.78. The molecule has 37 heavy (non-hydrogen) atoms. The summed E-state index contributed by atoms with van der Waals surface area (Å²) in [5, 5.41) is 25.3. The number of anilines is 1. The van der Waals surface area contributed by atoms with Gasteiger partial charge in [-0.15, -0.1) is 0 Å². The van der Waals surface area contributed by atoms with Crippen molar-refractivity contribution in [1.82, 2.24) is 4.57 Å². The number of pyridine rings is 1. The summed E-state index contributed by atoms with van der Waals surface area (Å²) < 4.78 is 45.0. The minimum atomic E-state index is -4.96. The number of halogens is 3. The second-order valence-corrected chi connectivity index (χ2v) is 10.4. The lowest BCUT2D eigenvalue weighted by atomic mass is 9.63. The number of rotatable bonds is 3. The highest BCUT2D eigenvalue weighted by atomic mass is 19.4. The lowest BCUT2D eigenvalue weighted by molar-refractivity contribution is -0.275. The monoisotopic (exact) mass is 508 g/mol. The molecule has 2 atom stereocenters. The van der Waals surface area contributed by atoms with Crippen LogP contribution in [0.3, 0.4) is 0 Å². The zero-order chi connectivity index (χ0) is 26.8. The van der Waals surface area contributed by atoms with E-state index in [1.165, 1.54) is 28.8 Å². The van der Waals surface area contributed by atoms with Gasteiger partial charge >= 0.3 is 6.18 Å². The van der Waals surface area contributed by atoms with E-state index in [1.807, 2.05) is 25.1 Å². The summed E-state index contributed by atoms with van der Waals surface area (Å²) in [6.07, 6.45) is -5.61. The van der Waals surface area contributed by atoms with Crippen molar-refractivity contribution in [3.63, 3.8) is 0 Å². The molecule has 5 rings (SSSR count). The Balaban J connectivity index is 1.73. The molecule has 4 aromatic rings. The number of nitrogens with zero attached hydrogens (tertiary/aromatic N) is 1. The third-order valence-corrected chi connectivity index (χ3v) is 7.24. The van der Waals surface area contributed by atoms with Gasteiger partial charge in [0.25, 0.3) is 5.56 Å². The molecule has 1 heterocycles. The Morgan fingerprint density at radius 1 is 1.00 bits per heavy atom. The molecule has 192 valence electrons. The molecule has 3 N–H and O–H groups in total. The van der Waals surface area contributed by atoms with Crippen LogP contribution >= 0.6 is 0 Å². The minimum absolute atomic E-state index is 0.121. The minimum Gasteiger partial charge on any atom is -0.508 e. The van der Waals surface area contributed by atoms with Crippen LogP contribution in [0.1, 0.15) is 43.0 Å². The van der Waals surface area contributed by atoms with E-state index in [2.05, 4.69) is 5.32 Å². The highest BCUT2D eigenvalue weighted by Gasteiger charge is 2.64. The molecular weight excluding hydrogens is 481 g/mol. The smallest absolute Gasteiger partial charge is 0.419 e. The van der Waals surface area contributed by atoms with Gasteiger partial charge in [0.05, 0.1) is 11.6 Å². The third kappa shape index (κ3) is 3.96. The van der Waals surface area contributed by atoms with Gasteiger partial charge in [-0.2, -0.15) is 13.2 Å². The number of aromatic hydroxyl groups is 1. The van der Waals surface area contributed by atoms with Crippen molar-refractivity contribution in [3.05, 3.63) is 99.8 Å². The van der Waals surface area contributed by atoms with E-state index in [-0.39, 0.29) is 16.9 Å². The third-order valence-electron chi connectivity index (χ3n) is 7.24. The van der Waals surface area contributed by atoms with Gasteiger partial charge < -0.3 is 15.5 Å². The lowest BCUT2D eigenvalue weighted by Gasteiger charge is -2.49. The number of benzene rings is 3. The maximum absolute atomic E-state index is 14.5. The largest absolute Gasteiger partial charge is 0.508 e. The van der Waals surface area contributed by atoms with E-state index in [9.17, 15) is 28.2 Å². The molecule has 8 heteroatoms. The predicted molar refractivity (Wildman–Crippen MR) is 137 cm³/mol. The van der Waals surface area contributed by atoms with Crippen LogP contribution in [-0.4, -0.2) is 26.6 Å². The van der Waals surface area contributed by atoms with E-state index in [1.54, 1.807) is 44.2 Å². The fourth-order valence-corrected chi connectivity index (χ4v) is 5.70. The quantitative estimate of drug-likeness (QED) is 0.311. The van der Waals surface area contributed by atoms with E-state index >= 15 is 0 Å². The molecule has 0 saturated heterocycles. The summed E-state index contributed by atoms with van der Waals surface area (Å²) in [5.74, 6) is -0.121. The summed E-state index contributed by atoms with van der Waals surface area (Å²) in [5.41, 5.74) is -1.61. The van der Waals surface area contributed by atoms with Crippen LogP contribution in [0.4, 0.5) is 18.9 Å². The van der Waals surface area contributed by atoms with Crippen LogP contribution in [0.2, 0.25) is 0 Å². The number of aryl methyl sites for hydroxylation is 1. The van der Waals surface area contributed by atoms with Crippen molar-refractivity contribution < 1.29 is 23.4 Å². The standard InChI is InChI=1S/C29H27F3N2O3/c1-17-7-4-8-18(15-17)34-22-11-6-10-21(19(22)13-14-24(34)36)33-26-20-9-5-12-23(35)25(20)27(2,3)16-28(26,37)29(30,31)32/h4-15,26,33,35,37H,16H2,1-3H3. The number of alkyl halides is 3. The summed E-state index contributed by atoms with van der Waals surface area (Å²) >= 11 is 0. The zero-order valence-electron chi connectivity index (χ0n) is 20.6. The maximum atomic E-state index is 14.5. The van der Waals surface area contributed by atoms with Gasteiger partial charge in [-0.1, -0.05) is 44.2 Å². The average molecular weight is 509 g/mol. The van der Waals surface area contributed by atoms with Crippen LogP contribution in [0.5, 0.6) is 5.75 Å². The number of fused-ring (bicyclic) bond motifs is 2. The highest BCUT2D eigenvalue weighted by molar-refractivity contribution is 5.92. The molecule has 0 amide bonds. The molecule has 0 aliphatic heterocycles. The number of phenols is 1. The fraction of sp³-hybridized carbons (Fsp3) is 0.276. The Morgan fingerprint density at radius 3 is 2.41 bits per heavy atom. The van der Waals surface area contributed by atoms with Crippen LogP contribution in [0.25, 0.3) is 16.6 Å². The predicted octanol–water partition coefficient (Wildman–Crippen LogP) is 6.13. The van der Waals surface area contributed by atoms with E-state index in [4.69, 9.17) is 0 Å². The summed E-state index contributed by atoms with van der Waals surface area (Å²) in [7, 11) is 0. The second kappa shape index (κ2) is 8.38. The Bertz CT molecular complexity index is 1580. The van der Waals surface area contributed by atoms with Gasteiger partial charge in [0.15, 0.2) is 5.60 Å². The number of hydrogen-bond donors (Lipinski definition) is 3. The molecular formula is C29H27F3N2O3. The maximum Gasteiger partial charge on any atom is 0.419 e. The molecule has 0 bridgehead atoms. The van der Waals surface area contributed by atoms with Crippen molar-refractivity contribution in [2.45, 2.75) is 50.4 Å². The molecule has 1 aliphatic carbocycles. The fourth-order valence-electron chi connectivity index (χ4n) is 5.70. The number of aromatic nitrogens is 1. The van der Waals surface area contributed by atoms with Crippen molar-refractivity contribution >= 4 is 16.6 Å². The highest BCUT2D eigenvalue weighted by Crippen LogP contribution is 2.56. The summed E-state index contributed by atoms with van der Waals surface area (Å²) in [6, 6.07) is 18.1. The normalized spacial score (nSPS) is 21.0. The molecule has 1 aromatic heterocycles. The lowest BCUT2D eigenvalue weighted by Crippen LogP contribution is -2.58. The summed E-state index contributed by atoms with van der Waals surface area (Å²) in [6.45, 7) is 5.07. The molecule has 5 nitrogen and oxygen atoms in total. The molecule has 1 aliphatic rings. The van der Waals surface area contributed by atoms with Crippen LogP contribution in [0, 0.1) is 6.92 Å². The first-order valence-corrected chi connectivity index (χ1v) is 11.9. The first kappa shape index (κ1) is 24.9. The van der Waals surface area contributed by atoms with Gasteiger partial charge in [-0.05, 0) is 66.3 Å². The van der Waals surface area contributed by atoms with Crippen molar-refractivity contribution in [2.75, 3.05) is 5.32 Å². The van der Waals surface area contributed by atoms with Gasteiger partial charge in [0.2, 0.25) is 0 Å². The van der Waals surface area contributed by atoms with E-state index in [0.717, 1.165) is 5.56 Å². The zero-order valence-corrected chi connectivity index (χ0v) is 20.6. The number of nitrogens with one attached hydrogen (secondary N) is 1. The van der Waals surface area contributed by atoms with Crippen LogP contribution < -0.4 is 10.9 Å². The van der Waals surface area contributed by atoms with Crippen LogP contribution in [-0.2, 0) is 5.41 Å². The van der Waals surface area contributed by atoms with Crippen molar-refractivity contribution in [3.8, 4) is 11.4 Å². The second-order valence-electron chi connectivity index (χ2n) is 10.4. The van der Waals surface area contributed by atoms with Crippen molar-refractivity contribution in [2.24, 2.45) is 0 Å². The number of hydrogen-bond acceptors (Lipinski definition) is 4. The Morgan fingerprint density at radius 2 is 1.70 bits per heavy atom. The van der Waals surface area contributed by atoms with Crippen molar-refractivity contribution in [1.29, 1.82) is 0 Å². The molecule has 3 aromatic carbocycles. The first-order valence-electron chi connectivity index (χ1n) is 11.9. The van der Waals surface area contributed by atoms with E-state index in [0.29, 0.717) is 27.8 Å². The van der Waals surface area contributed by atoms with Gasteiger partial charge in [0.1, 0.15) is 5.75 Å². The van der Waals surface area contributed by atoms with Gasteiger partial charge in [-0.25, -0.2) is 0 Å². The molecule has 0 radical (unpaired) electrons. The van der Waals surface area contributed by atoms with Crippen LogP contribution in [0.15, 0.2) is 77.6 Å².